The fraction of sp³-hybridized carbons (Fsp3) is 0.464. The number of benzene rings is 2. The number of aliphatic carboxylic acids is 1. The van der Waals surface area contributed by atoms with E-state index >= 15 is 0 Å². The summed E-state index contributed by atoms with van der Waals surface area (Å²) in [4.78, 5) is 16.5. The van der Waals surface area contributed by atoms with Crippen LogP contribution in [0, 0.1) is 11.8 Å². The first-order valence-corrected chi connectivity index (χ1v) is 12.1. The molecule has 0 saturated carbocycles. The van der Waals surface area contributed by atoms with Gasteiger partial charge in [0.2, 0.25) is 0 Å². The van der Waals surface area contributed by atoms with Gasteiger partial charge >= 0.3 is 12.1 Å². The minimum atomic E-state index is -4.42. The Morgan fingerprint density at radius 3 is 2.23 bits per heavy atom. The monoisotopic (exact) mass is 489 g/mol. The second kappa shape index (κ2) is 14.6. The van der Waals surface area contributed by atoms with Crippen molar-refractivity contribution in [3.05, 3.63) is 70.8 Å². The van der Waals surface area contributed by atoms with Gasteiger partial charge < -0.3 is 5.11 Å². The molecule has 0 fully saturated rings. The van der Waals surface area contributed by atoms with Crippen LogP contribution in [-0.2, 0) is 22.4 Å². The SMILES string of the molecule is CCCCCCCCC#Cc1ccc(CN(OCC(=O)O)C(C)c2ccc(C(F)(F)F)cc2)cc1. The zero-order chi connectivity index (χ0) is 25.7. The molecule has 7 heteroatoms. The maximum absolute atomic E-state index is 12.9. The molecule has 1 N–H and O–H groups in total. The van der Waals surface area contributed by atoms with Crippen LogP contribution >= 0.6 is 0 Å². The van der Waals surface area contributed by atoms with Gasteiger partial charge in [0.1, 0.15) is 0 Å². The summed E-state index contributed by atoms with van der Waals surface area (Å²) in [6.07, 6.45) is 3.85. The van der Waals surface area contributed by atoms with Gasteiger partial charge in [0.15, 0.2) is 6.61 Å². The fourth-order valence-electron chi connectivity index (χ4n) is 3.58. The van der Waals surface area contributed by atoms with Crippen LogP contribution in [0.25, 0.3) is 0 Å². The Kier molecular flexibility index (Phi) is 11.8. The molecule has 35 heavy (non-hydrogen) atoms. The number of carbonyl (C=O) groups is 1. The molecule has 0 aromatic heterocycles. The van der Waals surface area contributed by atoms with E-state index in [4.69, 9.17) is 9.94 Å². The van der Waals surface area contributed by atoms with Crippen LogP contribution < -0.4 is 0 Å². The molecule has 0 bridgehead atoms. The minimum Gasteiger partial charge on any atom is -0.479 e. The molecule has 1 atom stereocenters. The molecule has 0 heterocycles. The van der Waals surface area contributed by atoms with E-state index in [9.17, 15) is 18.0 Å². The van der Waals surface area contributed by atoms with Gasteiger partial charge in [-0.1, -0.05) is 75.1 Å². The molecule has 0 aliphatic heterocycles. The summed E-state index contributed by atoms with van der Waals surface area (Å²) < 4.78 is 38.6. The first-order valence-electron chi connectivity index (χ1n) is 12.1. The molecule has 0 radical (unpaired) electrons. The topological polar surface area (TPSA) is 49.8 Å². The predicted octanol–water partition coefficient (Wildman–Crippen LogP) is 7.39. The summed E-state index contributed by atoms with van der Waals surface area (Å²) in [5.74, 6) is 5.25. The number of halogens is 3. The van der Waals surface area contributed by atoms with Crippen LogP contribution in [0.15, 0.2) is 48.5 Å². The quantitative estimate of drug-likeness (QED) is 0.181. The molecule has 0 amide bonds. The average Bonchev–Trinajstić information content (AvgIpc) is 2.83. The number of hydrogen-bond donors (Lipinski definition) is 1. The van der Waals surface area contributed by atoms with Crippen molar-refractivity contribution in [3.63, 3.8) is 0 Å². The first-order chi connectivity index (χ1) is 16.7. The summed E-state index contributed by atoms with van der Waals surface area (Å²) >= 11 is 0. The van der Waals surface area contributed by atoms with E-state index in [1.54, 1.807) is 6.92 Å². The van der Waals surface area contributed by atoms with E-state index in [1.807, 2.05) is 24.3 Å². The number of nitrogens with zero attached hydrogens (tertiary/aromatic N) is 1. The molecule has 0 saturated heterocycles. The maximum atomic E-state index is 12.9. The summed E-state index contributed by atoms with van der Waals surface area (Å²) in [5, 5.41) is 10.5. The second-order valence-electron chi connectivity index (χ2n) is 8.55. The molecule has 0 aliphatic rings. The van der Waals surface area contributed by atoms with Crippen molar-refractivity contribution in [1.82, 2.24) is 5.06 Å². The Balaban J connectivity index is 1.99. The van der Waals surface area contributed by atoms with Gasteiger partial charge in [-0.2, -0.15) is 18.2 Å². The van der Waals surface area contributed by atoms with Gasteiger partial charge in [-0.25, -0.2) is 4.79 Å². The predicted molar refractivity (Wildman–Crippen MR) is 130 cm³/mol. The number of alkyl halides is 3. The highest BCUT2D eigenvalue weighted by atomic mass is 19.4. The number of hydroxylamine groups is 2. The van der Waals surface area contributed by atoms with Gasteiger partial charge in [-0.05, 0) is 48.7 Å². The van der Waals surface area contributed by atoms with Crippen molar-refractivity contribution >= 4 is 5.97 Å². The van der Waals surface area contributed by atoms with Crippen molar-refractivity contribution < 1.29 is 27.9 Å². The Morgan fingerprint density at radius 1 is 1.00 bits per heavy atom. The molecule has 0 spiro atoms. The highest BCUT2D eigenvalue weighted by Crippen LogP contribution is 2.31. The Labute approximate surface area is 206 Å². The van der Waals surface area contributed by atoms with E-state index < -0.39 is 30.4 Å². The van der Waals surface area contributed by atoms with Crippen LogP contribution in [0.2, 0.25) is 0 Å². The fourth-order valence-corrected chi connectivity index (χ4v) is 3.58. The summed E-state index contributed by atoms with van der Waals surface area (Å²) in [6.45, 7) is 3.68. The van der Waals surface area contributed by atoms with Crippen LogP contribution in [0.5, 0.6) is 0 Å². The van der Waals surface area contributed by atoms with E-state index in [1.165, 1.54) is 49.3 Å². The van der Waals surface area contributed by atoms with Crippen LogP contribution in [0.4, 0.5) is 13.2 Å². The van der Waals surface area contributed by atoms with Crippen molar-refractivity contribution in [3.8, 4) is 11.8 Å². The van der Waals surface area contributed by atoms with E-state index in [0.29, 0.717) is 5.56 Å². The zero-order valence-corrected chi connectivity index (χ0v) is 20.4. The van der Waals surface area contributed by atoms with Gasteiger partial charge in [-0.15, -0.1) is 0 Å². The highest BCUT2D eigenvalue weighted by molar-refractivity contribution is 5.67. The van der Waals surface area contributed by atoms with Crippen molar-refractivity contribution in [2.24, 2.45) is 0 Å². The van der Waals surface area contributed by atoms with Crippen molar-refractivity contribution in [2.45, 2.75) is 77.6 Å². The molecule has 2 aromatic rings. The van der Waals surface area contributed by atoms with Crippen LogP contribution in [0.3, 0.4) is 0 Å². The standard InChI is InChI=1S/C28H34F3NO3/c1-3-4-5-6-7-8-9-10-11-23-12-14-24(15-13-23)20-32(35-21-27(33)34)22(2)25-16-18-26(19-17-25)28(29,30)31/h12-19,22H,3-9,20-21H2,1-2H3,(H,33,34). The van der Waals surface area contributed by atoms with E-state index in [-0.39, 0.29) is 6.54 Å². The van der Waals surface area contributed by atoms with Gasteiger partial charge in [0, 0.05) is 18.5 Å². The number of carboxylic acids is 1. The lowest BCUT2D eigenvalue weighted by Crippen LogP contribution is -2.29. The molecule has 0 aliphatic carbocycles. The van der Waals surface area contributed by atoms with Gasteiger partial charge in [0.05, 0.1) is 11.6 Å². The summed E-state index contributed by atoms with van der Waals surface area (Å²) in [7, 11) is 0. The summed E-state index contributed by atoms with van der Waals surface area (Å²) in [5.41, 5.74) is 1.62. The number of hydrogen-bond acceptors (Lipinski definition) is 3. The lowest BCUT2D eigenvalue weighted by atomic mass is 10.0. The third-order valence-electron chi connectivity index (χ3n) is 5.69. The molecular formula is C28H34F3NO3. The highest BCUT2D eigenvalue weighted by Gasteiger charge is 2.30. The molecule has 190 valence electrons. The molecule has 2 aromatic carbocycles. The first kappa shape index (κ1) is 28.4. The second-order valence-corrected chi connectivity index (χ2v) is 8.55. The normalized spacial score (nSPS) is 12.3. The Morgan fingerprint density at radius 2 is 1.63 bits per heavy atom. The van der Waals surface area contributed by atoms with Crippen LogP contribution in [-0.4, -0.2) is 22.7 Å². The third-order valence-corrected chi connectivity index (χ3v) is 5.69. The zero-order valence-electron chi connectivity index (χ0n) is 20.4. The lowest BCUT2D eigenvalue weighted by molar-refractivity contribution is -0.202. The van der Waals surface area contributed by atoms with E-state index in [0.717, 1.165) is 36.1 Å². The smallest absolute Gasteiger partial charge is 0.416 e. The average molecular weight is 490 g/mol. The minimum absolute atomic E-state index is 0.265. The maximum Gasteiger partial charge on any atom is 0.416 e. The molecule has 2 rings (SSSR count). The van der Waals surface area contributed by atoms with Crippen molar-refractivity contribution in [1.29, 1.82) is 0 Å². The van der Waals surface area contributed by atoms with E-state index in [2.05, 4.69) is 18.8 Å². The van der Waals surface area contributed by atoms with Crippen molar-refractivity contribution in [2.75, 3.05) is 6.61 Å². The molecule has 4 nitrogen and oxygen atoms in total. The molecular weight excluding hydrogens is 455 g/mol. The lowest BCUT2D eigenvalue weighted by Gasteiger charge is -2.28. The van der Waals surface area contributed by atoms with Gasteiger partial charge in [0.25, 0.3) is 0 Å². The number of rotatable bonds is 13. The number of unbranched alkanes of at least 4 members (excludes halogenated alkanes) is 6. The Bertz CT molecular complexity index is 960. The number of carboxylic acid groups (broad SMARTS) is 1. The molecule has 1 unspecified atom stereocenters. The van der Waals surface area contributed by atoms with Gasteiger partial charge in [-0.3, -0.25) is 4.84 Å². The summed E-state index contributed by atoms with van der Waals surface area (Å²) in [6, 6.07) is 11.9. The Hall–Kier alpha value is -2.82. The largest absolute Gasteiger partial charge is 0.479 e. The third kappa shape index (κ3) is 10.5. The van der Waals surface area contributed by atoms with Crippen LogP contribution in [0.1, 0.15) is 87.1 Å².